The number of rotatable bonds is 7. The number of aromatic hydroxyl groups is 1. The Labute approximate surface area is 171 Å². The molecule has 0 spiro atoms. The van der Waals surface area contributed by atoms with Crippen molar-refractivity contribution < 1.29 is 32.9 Å². The van der Waals surface area contributed by atoms with Crippen LogP contribution in [0.2, 0.25) is 0 Å². The molecule has 0 atom stereocenters. The first-order chi connectivity index (χ1) is 13.5. The maximum absolute atomic E-state index is 12.7. The summed E-state index contributed by atoms with van der Waals surface area (Å²) < 4.78 is 43.3. The molecule has 0 fully saturated rings. The minimum atomic E-state index is -4.42. The Bertz CT molecular complexity index is 915. The first kappa shape index (κ1) is 22.7. The van der Waals surface area contributed by atoms with Crippen LogP contribution in [-0.2, 0) is 18.3 Å². The molecule has 0 saturated carbocycles. The summed E-state index contributed by atoms with van der Waals surface area (Å²) in [5.74, 6) is -1.16. The number of methoxy groups -OCH3 is 1. The molecule has 0 aromatic heterocycles. The van der Waals surface area contributed by atoms with Gasteiger partial charge in [-0.2, -0.15) is 13.2 Å². The number of hydrogen-bond acceptors (Lipinski definition) is 4. The molecule has 29 heavy (non-hydrogen) atoms. The van der Waals surface area contributed by atoms with Gasteiger partial charge in [0, 0.05) is 16.2 Å². The summed E-state index contributed by atoms with van der Waals surface area (Å²) >= 11 is 1.17. The zero-order valence-electron chi connectivity index (χ0n) is 16.1. The van der Waals surface area contributed by atoms with E-state index < -0.39 is 17.7 Å². The largest absolute Gasteiger partial charge is 0.507 e. The first-order valence-electron chi connectivity index (χ1n) is 8.63. The molecule has 0 bridgehead atoms. The Morgan fingerprint density at radius 1 is 1.21 bits per heavy atom. The average Bonchev–Trinajstić information content (AvgIpc) is 2.64. The number of carboxylic acids is 1. The van der Waals surface area contributed by atoms with Crippen LogP contribution in [0.3, 0.4) is 0 Å². The van der Waals surface area contributed by atoms with Crippen LogP contribution in [0.25, 0.3) is 0 Å². The quantitative estimate of drug-likeness (QED) is 0.425. The van der Waals surface area contributed by atoms with Gasteiger partial charge in [-0.15, -0.1) is 11.8 Å². The van der Waals surface area contributed by atoms with Crippen LogP contribution >= 0.6 is 11.8 Å². The van der Waals surface area contributed by atoms with E-state index in [0.717, 1.165) is 17.7 Å². The Morgan fingerprint density at radius 2 is 1.83 bits per heavy atom. The molecule has 8 heteroatoms. The highest BCUT2D eigenvalue weighted by molar-refractivity contribution is 7.98. The van der Waals surface area contributed by atoms with E-state index in [2.05, 4.69) is 0 Å². The Hall–Kier alpha value is -2.61. The summed E-state index contributed by atoms with van der Waals surface area (Å²) in [5.41, 5.74) is 0.704. The summed E-state index contributed by atoms with van der Waals surface area (Å²) in [6.45, 7) is 3.77. The maximum atomic E-state index is 12.7. The second-order valence-electron chi connectivity index (χ2n) is 6.54. The number of aromatic carboxylic acids is 1. The van der Waals surface area contributed by atoms with E-state index in [1.54, 1.807) is 6.07 Å². The minimum Gasteiger partial charge on any atom is -0.507 e. The summed E-state index contributed by atoms with van der Waals surface area (Å²) in [4.78, 5) is 12.3. The van der Waals surface area contributed by atoms with Gasteiger partial charge in [0.2, 0.25) is 0 Å². The molecule has 0 aliphatic rings. The van der Waals surface area contributed by atoms with Gasteiger partial charge < -0.3 is 14.9 Å². The van der Waals surface area contributed by atoms with Gasteiger partial charge in [-0.3, -0.25) is 0 Å². The molecule has 0 aliphatic carbocycles. The van der Waals surface area contributed by atoms with E-state index in [9.17, 15) is 28.2 Å². The monoisotopic (exact) mass is 426 g/mol. The fourth-order valence-electron chi connectivity index (χ4n) is 2.68. The predicted octanol–water partition coefficient (Wildman–Crippen LogP) is 5.92. The van der Waals surface area contributed by atoms with Crippen molar-refractivity contribution in [3.63, 3.8) is 0 Å². The molecule has 2 aromatic carbocycles. The number of allylic oxidation sites excluding steroid dienone is 2. The van der Waals surface area contributed by atoms with Crippen molar-refractivity contribution in [2.75, 3.05) is 7.11 Å². The van der Waals surface area contributed by atoms with Crippen molar-refractivity contribution in [3.8, 4) is 11.5 Å². The van der Waals surface area contributed by atoms with Gasteiger partial charge in [-0.1, -0.05) is 11.6 Å². The van der Waals surface area contributed by atoms with Gasteiger partial charge in [0.05, 0.1) is 12.7 Å². The number of benzene rings is 2. The van der Waals surface area contributed by atoms with E-state index in [1.807, 2.05) is 19.9 Å². The molecule has 0 saturated heterocycles. The highest BCUT2D eigenvalue weighted by Crippen LogP contribution is 2.38. The number of carbonyl (C=O) groups is 1. The predicted molar refractivity (Wildman–Crippen MR) is 106 cm³/mol. The van der Waals surface area contributed by atoms with E-state index in [-0.39, 0.29) is 17.1 Å². The third-order valence-electron chi connectivity index (χ3n) is 4.17. The zero-order chi connectivity index (χ0) is 21.8. The molecule has 2 rings (SSSR count). The minimum absolute atomic E-state index is 0.139. The van der Waals surface area contributed by atoms with Crippen LogP contribution in [-0.4, -0.2) is 23.3 Å². The second kappa shape index (κ2) is 9.26. The maximum Gasteiger partial charge on any atom is 0.416 e. The van der Waals surface area contributed by atoms with Gasteiger partial charge >= 0.3 is 12.1 Å². The van der Waals surface area contributed by atoms with Crippen LogP contribution < -0.4 is 4.74 Å². The molecule has 156 valence electrons. The van der Waals surface area contributed by atoms with Gasteiger partial charge in [-0.25, -0.2) is 4.79 Å². The van der Waals surface area contributed by atoms with Crippen molar-refractivity contribution >= 4 is 17.7 Å². The summed E-state index contributed by atoms with van der Waals surface area (Å²) in [6, 6.07) is 6.15. The van der Waals surface area contributed by atoms with Crippen LogP contribution in [0.5, 0.6) is 11.5 Å². The second-order valence-corrected chi connectivity index (χ2v) is 7.59. The number of alkyl halides is 3. The van der Waals surface area contributed by atoms with Crippen molar-refractivity contribution in [2.24, 2.45) is 0 Å². The molecule has 0 heterocycles. The van der Waals surface area contributed by atoms with Crippen LogP contribution in [0.1, 0.15) is 40.9 Å². The Morgan fingerprint density at radius 3 is 2.31 bits per heavy atom. The molecule has 0 unspecified atom stereocenters. The lowest BCUT2D eigenvalue weighted by Gasteiger charge is -2.16. The normalized spacial score (nSPS) is 11.2. The third-order valence-corrected chi connectivity index (χ3v) is 5.23. The smallest absolute Gasteiger partial charge is 0.416 e. The molecular formula is C21H21F3O4S. The third kappa shape index (κ3) is 5.69. The molecule has 0 amide bonds. The highest BCUT2D eigenvalue weighted by Gasteiger charge is 2.30. The Balaban J connectivity index is 2.35. The van der Waals surface area contributed by atoms with Gasteiger partial charge in [0.15, 0.2) is 0 Å². The van der Waals surface area contributed by atoms with Gasteiger partial charge in [0.25, 0.3) is 0 Å². The molecular weight excluding hydrogens is 405 g/mol. The van der Waals surface area contributed by atoms with E-state index in [4.69, 9.17) is 4.74 Å². The SMILES string of the molecule is COc1cc(CSc2ccc(C(F)(F)F)cc2)c(C(=O)O)c(O)c1CC=C(C)C. The van der Waals surface area contributed by atoms with Gasteiger partial charge in [-0.05, 0) is 56.2 Å². The fourth-order valence-corrected chi connectivity index (χ4v) is 3.55. The average molecular weight is 426 g/mol. The molecule has 2 aromatic rings. The van der Waals surface area contributed by atoms with Crippen LogP contribution in [0.15, 0.2) is 46.9 Å². The molecule has 2 N–H and O–H groups in total. The topological polar surface area (TPSA) is 66.8 Å². The van der Waals surface area contributed by atoms with Crippen molar-refractivity contribution in [1.29, 1.82) is 0 Å². The number of phenols is 1. The van der Waals surface area contributed by atoms with Crippen LogP contribution in [0, 0.1) is 0 Å². The number of carboxylic acid groups (broad SMARTS) is 1. The summed E-state index contributed by atoms with van der Waals surface area (Å²) in [6.07, 6.45) is -2.26. The van der Waals surface area contributed by atoms with Crippen LogP contribution in [0.4, 0.5) is 13.2 Å². The van der Waals surface area contributed by atoms with Crippen molar-refractivity contribution in [1.82, 2.24) is 0 Å². The lowest BCUT2D eigenvalue weighted by molar-refractivity contribution is -0.137. The number of halogens is 3. The number of ether oxygens (including phenoxy) is 1. The lowest BCUT2D eigenvalue weighted by Crippen LogP contribution is -2.06. The van der Waals surface area contributed by atoms with E-state index >= 15 is 0 Å². The highest BCUT2D eigenvalue weighted by atomic mass is 32.2. The zero-order valence-corrected chi connectivity index (χ0v) is 16.9. The first-order valence-corrected chi connectivity index (χ1v) is 9.61. The lowest BCUT2D eigenvalue weighted by atomic mass is 9.99. The van der Waals surface area contributed by atoms with Crippen molar-refractivity contribution in [3.05, 3.63) is 64.2 Å². The molecule has 0 radical (unpaired) electrons. The number of hydrogen-bond donors (Lipinski definition) is 2. The molecule has 0 aliphatic heterocycles. The fraction of sp³-hybridized carbons (Fsp3) is 0.286. The standard InChI is InChI=1S/C21H21F3O4S/c1-12(2)4-9-16-17(28-3)10-13(18(19(16)25)20(26)27)11-29-15-7-5-14(6-8-15)21(22,23)24/h4-8,10,25H,9,11H2,1-3H3,(H,26,27). The summed E-state index contributed by atoms with van der Waals surface area (Å²) in [7, 11) is 1.42. The van der Waals surface area contributed by atoms with Crippen molar-refractivity contribution in [2.45, 2.75) is 37.1 Å². The van der Waals surface area contributed by atoms with E-state index in [1.165, 1.54) is 31.0 Å². The van der Waals surface area contributed by atoms with E-state index in [0.29, 0.717) is 28.2 Å². The van der Waals surface area contributed by atoms with Gasteiger partial charge in [0.1, 0.15) is 17.1 Å². The Kier molecular flexibility index (Phi) is 7.24. The number of thioether (sulfide) groups is 1. The molecule has 4 nitrogen and oxygen atoms in total. The summed E-state index contributed by atoms with van der Waals surface area (Å²) in [5, 5.41) is 20.1.